The van der Waals surface area contributed by atoms with Crippen molar-refractivity contribution in [3.05, 3.63) is 65.7 Å². The Bertz CT molecular complexity index is 953. The molecule has 2 aromatic rings. The van der Waals surface area contributed by atoms with Crippen LogP contribution in [0.3, 0.4) is 0 Å². The second-order valence-electron chi connectivity index (χ2n) is 5.71. The zero-order chi connectivity index (χ0) is 21.7. The summed E-state index contributed by atoms with van der Waals surface area (Å²) < 4.78 is 90.3. The van der Waals surface area contributed by atoms with Gasteiger partial charge in [-0.05, 0) is 25.5 Å². The number of halogens is 3. The Morgan fingerprint density at radius 3 is 1.97 bits per heavy atom. The fraction of sp³-hybridized carbons (Fsp3) is 0.333. The molecule has 0 spiro atoms. The summed E-state index contributed by atoms with van der Waals surface area (Å²) in [6.45, 7) is 3.18. The van der Waals surface area contributed by atoms with Gasteiger partial charge in [-0.2, -0.15) is 21.6 Å². The molecule has 0 aromatic heterocycles. The second-order valence-corrected chi connectivity index (χ2v) is 9.36. The van der Waals surface area contributed by atoms with E-state index in [1.807, 2.05) is 0 Å². The van der Waals surface area contributed by atoms with Crippen molar-refractivity contribution in [2.45, 2.75) is 25.0 Å². The van der Waals surface area contributed by atoms with Crippen LogP contribution in [-0.4, -0.2) is 27.1 Å². The Morgan fingerprint density at radius 1 is 0.931 bits per heavy atom. The second kappa shape index (κ2) is 9.30. The molecule has 0 aliphatic carbocycles. The number of hydrogen-bond donors (Lipinski definition) is 0. The van der Waals surface area contributed by atoms with Gasteiger partial charge in [0.15, 0.2) is 0 Å². The molecular formula is C18H20F3O6PS. The predicted molar refractivity (Wildman–Crippen MR) is 101 cm³/mol. The van der Waals surface area contributed by atoms with Gasteiger partial charge < -0.3 is 13.2 Å². The highest BCUT2D eigenvalue weighted by Crippen LogP contribution is 2.64. The lowest BCUT2D eigenvalue weighted by Gasteiger charge is -2.28. The summed E-state index contributed by atoms with van der Waals surface area (Å²) in [6, 6.07) is 13.3. The Kier molecular flexibility index (Phi) is 7.50. The van der Waals surface area contributed by atoms with Gasteiger partial charge in [0, 0.05) is 5.56 Å². The van der Waals surface area contributed by atoms with E-state index < -0.39 is 34.6 Å². The number of alkyl halides is 3. The fourth-order valence-electron chi connectivity index (χ4n) is 2.66. The van der Waals surface area contributed by atoms with Crippen molar-refractivity contribution in [3.63, 3.8) is 0 Å². The molecule has 0 aliphatic heterocycles. The average Bonchev–Trinajstić information content (AvgIpc) is 2.63. The molecular weight excluding hydrogens is 432 g/mol. The van der Waals surface area contributed by atoms with Crippen molar-refractivity contribution in [2.75, 3.05) is 13.2 Å². The highest BCUT2D eigenvalue weighted by Gasteiger charge is 2.49. The first-order valence-corrected chi connectivity index (χ1v) is 11.6. The van der Waals surface area contributed by atoms with Crippen molar-refractivity contribution >= 4 is 17.7 Å². The number of hydrogen-bond acceptors (Lipinski definition) is 6. The summed E-state index contributed by atoms with van der Waals surface area (Å²) in [5.74, 6) is -0.613. The average molecular weight is 452 g/mol. The molecule has 0 bridgehead atoms. The maximum Gasteiger partial charge on any atom is 0.534 e. The third-order valence-electron chi connectivity index (χ3n) is 3.75. The minimum absolute atomic E-state index is 0.00445. The molecule has 1 unspecified atom stereocenters. The van der Waals surface area contributed by atoms with Crippen LogP contribution in [0.2, 0.25) is 0 Å². The van der Waals surface area contributed by atoms with Crippen LogP contribution in [0.4, 0.5) is 13.2 Å². The molecule has 29 heavy (non-hydrogen) atoms. The SMILES string of the molecule is CCOP(=O)(OCC)C(c1ccccc1)c1ccccc1OS(=O)(=O)C(F)(F)F. The van der Waals surface area contributed by atoms with Gasteiger partial charge in [-0.15, -0.1) is 0 Å². The maximum atomic E-state index is 13.6. The van der Waals surface area contributed by atoms with Gasteiger partial charge in [0.05, 0.1) is 13.2 Å². The lowest BCUT2D eigenvalue weighted by Crippen LogP contribution is -2.28. The molecule has 1 atom stereocenters. The zero-order valence-electron chi connectivity index (χ0n) is 15.6. The number of benzene rings is 2. The van der Waals surface area contributed by atoms with Gasteiger partial charge in [0.25, 0.3) is 0 Å². The lowest BCUT2D eigenvalue weighted by atomic mass is 10.0. The maximum absolute atomic E-state index is 13.6. The van der Waals surface area contributed by atoms with E-state index in [2.05, 4.69) is 4.18 Å². The molecule has 0 heterocycles. The van der Waals surface area contributed by atoms with Crippen molar-refractivity contribution in [2.24, 2.45) is 0 Å². The van der Waals surface area contributed by atoms with Gasteiger partial charge in [0.2, 0.25) is 0 Å². The zero-order valence-corrected chi connectivity index (χ0v) is 17.3. The first-order chi connectivity index (χ1) is 13.6. The summed E-state index contributed by atoms with van der Waals surface area (Å²) in [4.78, 5) is 0. The third kappa shape index (κ3) is 5.39. The predicted octanol–water partition coefficient (Wildman–Crippen LogP) is 5.27. The lowest BCUT2D eigenvalue weighted by molar-refractivity contribution is -0.0500. The molecule has 160 valence electrons. The smallest absolute Gasteiger partial charge is 0.376 e. The monoisotopic (exact) mass is 452 g/mol. The highest BCUT2D eigenvalue weighted by molar-refractivity contribution is 7.88. The molecule has 0 N–H and O–H groups in total. The Morgan fingerprint density at radius 2 is 1.45 bits per heavy atom. The standard InChI is InChI=1S/C18H20F3O6PS/c1-3-25-28(22,26-4-2)17(14-10-6-5-7-11-14)15-12-8-9-13-16(15)27-29(23,24)18(19,20)21/h5-13,17H,3-4H2,1-2H3. The Labute approximate surface area is 167 Å². The largest absolute Gasteiger partial charge is 0.534 e. The summed E-state index contributed by atoms with van der Waals surface area (Å²) in [7, 11) is -9.89. The van der Waals surface area contributed by atoms with E-state index in [1.54, 1.807) is 44.2 Å². The molecule has 2 aromatic carbocycles. The fourth-order valence-corrected chi connectivity index (χ4v) is 5.33. The van der Waals surface area contributed by atoms with Gasteiger partial charge in [-0.1, -0.05) is 48.5 Å². The van der Waals surface area contributed by atoms with Crippen LogP contribution < -0.4 is 4.18 Å². The van der Waals surface area contributed by atoms with Crippen LogP contribution in [0.15, 0.2) is 54.6 Å². The molecule has 11 heteroatoms. The van der Waals surface area contributed by atoms with Crippen molar-refractivity contribution in [3.8, 4) is 5.75 Å². The van der Waals surface area contributed by atoms with Crippen molar-refractivity contribution in [1.82, 2.24) is 0 Å². The first-order valence-electron chi connectivity index (χ1n) is 8.59. The van der Waals surface area contributed by atoms with E-state index in [9.17, 15) is 26.2 Å². The first kappa shape index (κ1) is 23.4. The van der Waals surface area contributed by atoms with Crippen LogP contribution in [0, 0.1) is 0 Å². The highest BCUT2D eigenvalue weighted by atomic mass is 32.2. The molecule has 0 radical (unpaired) electrons. The van der Waals surface area contributed by atoms with E-state index in [-0.39, 0.29) is 18.8 Å². The summed E-state index contributed by atoms with van der Waals surface area (Å²) >= 11 is 0. The summed E-state index contributed by atoms with van der Waals surface area (Å²) in [5.41, 5.74) is -6.50. The van der Waals surface area contributed by atoms with Gasteiger partial charge in [0.1, 0.15) is 11.4 Å². The molecule has 0 saturated heterocycles. The molecule has 0 fully saturated rings. The van der Waals surface area contributed by atoms with E-state index >= 15 is 0 Å². The summed E-state index contributed by atoms with van der Waals surface area (Å²) in [5, 5.41) is 0. The van der Waals surface area contributed by atoms with E-state index in [4.69, 9.17) is 9.05 Å². The molecule has 0 saturated carbocycles. The Hall–Kier alpha value is -1.87. The normalized spacial score (nSPS) is 13.8. The third-order valence-corrected chi connectivity index (χ3v) is 7.16. The van der Waals surface area contributed by atoms with Gasteiger partial charge >= 0.3 is 23.2 Å². The molecule has 0 amide bonds. The quantitative estimate of drug-likeness (QED) is 0.293. The van der Waals surface area contributed by atoms with Crippen molar-refractivity contribution < 1.29 is 39.4 Å². The van der Waals surface area contributed by atoms with Crippen molar-refractivity contribution in [1.29, 1.82) is 0 Å². The number of rotatable bonds is 9. The van der Waals surface area contributed by atoms with E-state index in [0.29, 0.717) is 5.56 Å². The topological polar surface area (TPSA) is 78.9 Å². The van der Waals surface area contributed by atoms with Gasteiger partial charge in [-0.3, -0.25) is 4.57 Å². The molecule has 6 nitrogen and oxygen atoms in total. The minimum atomic E-state index is -5.93. The van der Waals surface area contributed by atoms with Crippen LogP contribution >= 0.6 is 7.60 Å². The van der Waals surface area contributed by atoms with Crippen LogP contribution in [0.1, 0.15) is 30.6 Å². The van der Waals surface area contributed by atoms with Crippen LogP contribution in [0.5, 0.6) is 5.75 Å². The Balaban J connectivity index is 2.69. The summed E-state index contributed by atoms with van der Waals surface area (Å²) in [6.07, 6.45) is 0. The van der Waals surface area contributed by atoms with E-state index in [0.717, 1.165) is 6.07 Å². The van der Waals surface area contributed by atoms with Crippen LogP contribution in [0.25, 0.3) is 0 Å². The van der Waals surface area contributed by atoms with Crippen LogP contribution in [-0.2, 0) is 23.7 Å². The minimum Gasteiger partial charge on any atom is -0.376 e. The van der Waals surface area contributed by atoms with Gasteiger partial charge in [-0.25, -0.2) is 0 Å². The molecule has 2 rings (SSSR count). The molecule has 0 aliphatic rings. The van der Waals surface area contributed by atoms with E-state index in [1.165, 1.54) is 18.2 Å². The number of para-hydroxylation sites is 1.